The first kappa shape index (κ1) is 15.2. The van der Waals surface area contributed by atoms with Gasteiger partial charge in [0.15, 0.2) is 0 Å². The number of ether oxygens (including phenoxy) is 1. The summed E-state index contributed by atoms with van der Waals surface area (Å²) in [7, 11) is 0. The van der Waals surface area contributed by atoms with Gasteiger partial charge in [0.05, 0.1) is 6.54 Å². The average molecular weight is 262 g/mol. The molecule has 104 valence electrons. The fraction of sp³-hybridized carbons (Fsp3) is 0.400. The molecule has 0 bridgehead atoms. The summed E-state index contributed by atoms with van der Waals surface area (Å²) in [6.45, 7) is 10.5. The van der Waals surface area contributed by atoms with Gasteiger partial charge in [0.25, 0.3) is 0 Å². The number of hydrogen-bond acceptors (Lipinski definition) is 3. The standard InChI is InChI=1S/C15H22N2O2/c1-11(2)10-19-14-7-5-13(6-8-14)17-15(18)9-16-12(3)4/h5-8,12,16H,1,9-10H2,2-4H3,(H,17,18). The lowest BCUT2D eigenvalue weighted by atomic mass is 10.3. The lowest BCUT2D eigenvalue weighted by Gasteiger charge is -2.10. The first-order chi connectivity index (χ1) is 8.97. The third kappa shape index (κ3) is 6.62. The monoisotopic (exact) mass is 262 g/mol. The Hall–Kier alpha value is -1.81. The van der Waals surface area contributed by atoms with Gasteiger partial charge in [-0.2, -0.15) is 0 Å². The van der Waals surface area contributed by atoms with Gasteiger partial charge >= 0.3 is 0 Å². The van der Waals surface area contributed by atoms with E-state index in [1.165, 1.54) is 0 Å². The number of carbonyl (C=O) groups excluding carboxylic acids is 1. The number of rotatable bonds is 7. The van der Waals surface area contributed by atoms with Crippen LogP contribution >= 0.6 is 0 Å². The summed E-state index contributed by atoms with van der Waals surface area (Å²) in [6.07, 6.45) is 0. The summed E-state index contributed by atoms with van der Waals surface area (Å²) in [5.41, 5.74) is 1.73. The zero-order valence-electron chi connectivity index (χ0n) is 11.8. The van der Waals surface area contributed by atoms with Crippen LogP contribution in [0.15, 0.2) is 36.4 Å². The molecule has 0 fully saturated rings. The van der Waals surface area contributed by atoms with E-state index in [1.54, 1.807) is 0 Å². The smallest absolute Gasteiger partial charge is 0.238 e. The van der Waals surface area contributed by atoms with Crippen molar-refractivity contribution in [3.63, 3.8) is 0 Å². The topological polar surface area (TPSA) is 50.4 Å². The van der Waals surface area contributed by atoms with E-state index in [9.17, 15) is 4.79 Å². The van der Waals surface area contributed by atoms with Crippen molar-refractivity contribution in [1.29, 1.82) is 0 Å². The molecule has 2 N–H and O–H groups in total. The van der Waals surface area contributed by atoms with Crippen LogP contribution in [0.4, 0.5) is 5.69 Å². The maximum Gasteiger partial charge on any atom is 0.238 e. The molecule has 0 atom stereocenters. The molecule has 19 heavy (non-hydrogen) atoms. The number of carbonyl (C=O) groups is 1. The molecule has 0 aliphatic rings. The Morgan fingerprint density at radius 2 is 1.95 bits per heavy atom. The molecule has 0 heterocycles. The second kappa shape index (κ2) is 7.59. The molecule has 1 rings (SSSR count). The highest BCUT2D eigenvalue weighted by atomic mass is 16.5. The van der Waals surface area contributed by atoms with Crippen molar-refractivity contribution in [2.24, 2.45) is 0 Å². The largest absolute Gasteiger partial charge is 0.489 e. The second-order valence-electron chi connectivity index (χ2n) is 4.85. The Kier molecular flexibility index (Phi) is 6.09. The molecule has 0 aliphatic heterocycles. The van der Waals surface area contributed by atoms with Crippen LogP contribution in [0.2, 0.25) is 0 Å². The molecule has 0 unspecified atom stereocenters. The van der Waals surface area contributed by atoms with Crippen LogP contribution in [0.3, 0.4) is 0 Å². The Morgan fingerprint density at radius 1 is 1.32 bits per heavy atom. The molecular formula is C15H22N2O2. The minimum absolute atomic E-state index is 0.0516. The molecule has 0 aliphatic carbocycles. The summed E-state index contributed by atoms with van der Waals surface area (Å²) in [5, 5.41) is 5.88. The van der Waals surface area contributed by atoms with Gasteiger partial charge in [0, 0.05) is 11.7 Å². The fourth-order valence-corrected chi connectivity index (χ4v) is 1.34. The fourth-order valence-electron chi connectivity index (χ4n) is 1.34. The third-order valence-electron chi connectivity index (χ3n) is 2.29. The molecular weight excluding hydrogens is 240 g/mol. The molecule has 0 radical (unpaired) electrons. The van der Waals surface area contributed by atoms with E-state index < -0.39 is 0 Å². The second-order valence-corrected chi connectivity index (χ2v) is 4.85. The number of amides is 1. The third-order valence-corrected chi connectivity index (χ3v) is 2.29. The zero-order valence-corrected chi connectivity index (χ0v) is 11.8. The molecule has 0 aromatic heterocycles. The highest BCUT2D eigenvalue weighted by Crippen LogP contribution is 2.16. The number of hydrogen-bond donors (Lipinski definition) is 2. The summed E-state index contributed by atoms with van der Waals surface area (Å²) in [6, 6.07) is 7.59. The maximum atomic E-state index is 11.6. The minimum atomic E-state index is -0.0516. The van der Waals surface area contributed by atoms with Crippen LogP contribution in [0.1, 0.15) is 20.8 Å². The highest BCUT2D eigenvalue weighted by molar-refractivity contribution is 5.92. The van der Waals surface area contributed by atoms with Crippen LogP contribution < -0.4 is 15.4 Å². The van der Waals surface area contributed by atoms with Crippen LogP contribution in [-0.4, -0.2) is 25.1 Å². The SMILES string of the molecule is C=C(C)COc1ccc(NC(=O)CNC(C)C)cc1. The number of benzene rings is 1. The van der Waals surface area contributed by atoms with E-state index in [0.717, 1.165) is 17.0 Å². The van der Waals surface area contributed by atoms with Gasteiger partial charge in [0.1, 0.15) is 12.4 Å². The van der Waals surface area contributed by atoms with Gasteiger partial charge in [-0.25, -0.2) is 0 Å². The minimum Gasteiger partial charge on any atom is -0.489 e. The van der Waals surface area contributed by atoms with Crippen molar-refractivity contribution >= 4 is 11.6 Å². The Labute approximate surface area is 114 Å². The van der Waals surface area contributed by atoms with E-state index in [0.29, 0.717) is 19.2 Å². The lowest BCUT2D eigenvalue weighted by Crippen LogP contribution is -2.32. The first-order valence-electron chi connectivity index (χ1n) is 6.38. The van der Waals surface area contributed by atoms with E-state index in [-0.39, 0.29) is 5.91 Å². The maximum absolute atomic E-state index is 11.6. The molecule has 1 amide bonds. The molecule has 1 aromatic rings. The Bertz CT molecular complexity index is 424. The van der Waals surface area contributed by atoms with Crippen molar-refractivity contribution in [1.82, 2.24) is 5.32 Å². The molecule has 0 saturated heterocycles. The molecule has 4 nitrogen and oxygen atoms in total. The van der Waals surface area contributed by atoms with Crippen molar-refractivity contribution in [2.45, 2.75) is 26.8 Å². The van der Waals surface area contributed by atoms with Gasteiger partial charge in [-0.05, 0) is 36.8 Å². The summed E-state index contributed by atoms with van der Waals surface area (Å²) >= 11 is 0. The normalized spacial score (nSPS) is 10.3. The van der Waals surface area contributed by atoms with Crippen LogP contribution in [0.5, 0.6) is 5.75 Å². The Balaban J connectivity index is 2.43. The van der Waals surface area contributed by atoms with Crippen molar-refractivity contribution in [3.8, 4) is 5.75 Å². The lowest BCUT2D eigenvalue weighted by molar-refractivity contribution is -0.115. The number of nitrogens with one attached hydrogen (secondary N) is 2. The van der Waals surface area contributed by atoms with E-state index >= 15 is 0 Å². The van der Waals surface area contributed by atoms with Gasteiger partial charge in [0.2, 0.25) is 5.91 Å². The van der Waals surface area contributed by atoms with Crippen LogP contribution in [-0.2, 0) is 4.79 Å². The highest BCUT2D eigenvalue weighted by Gasteiger charge is 2.03. The molecule has 0 spiro atoms. The molecule has 1 aromatic carbocycles. The van der Waals surface area contributed by atoms with Crippen LogP contribution in [0.25, 0.3) is 0 Å². The van der Waals surface area contributed by atoms with Gasteiger partial charge in [-0.1, -0.05) is 20.4 Å². The van der Waals surface area contributed by atoms with Crippen molar-refractivity contribution in [2.75, 3.05) is 18.5 Å². The average Bonchev–Trinajstić information content (AvgIpc) is 2.35. The van der Waals surface area contributed by atoms with E-state index in [1.807, 2.05) is 45.0 Å². The zero-order chi connectivity index (χ0) is 14.3. The van der Waals surface area contributed by atoms with Gasteiger partial charge in [-0.3, -0.25) is 4.79 Å². The van der Waals surface area contributed by atoms with Crippen molar-refractivity contribution in [3.05, 3.63) is 36.4 Å². The molecule has 4 heteroatoms. The van der Waals surface area contributed by atoms with Gasteiger partial charge in [-0.15, -0.1) is 0 Å². The van der Waals surface area contributed by atoms with Crippen molar-refractivity contribution < 1.29 is 9.53 Å². The summed E-state index contributed by atoms with van der Waals surface area (Å²) in [4.78, 5) is 11.6. The van der Waals surface area contributed by atoms with E-state index in [4.69, 9.17) is 4.74 Å². The number of anilines is 1. The summed E-state index contributed by atoms with van der Waals surface area (Å²) < 4.78 is 5.48. The molecule has 0 saturated carbocycles. The predicted molar refractivity (Wildman–Crippen MR) is 78.5 cm³/mol. The Morgan fingerprint density at radius 3 is 2.47 bits per heavy atom. The van der Waals surface area contributed by atoms with Crippen LogP contribution in [0, 0.1) is 0 Å². The quantitative estimate of drug-likeness (QED) is 0.743. The van der Waals surface area contributed by atoms with Gasteiger partial charge < -0.3 is 15.4 Å². The predicted octanol–water partition coefficient (Wildman–Crippen LogP) is 2.58. The van der Waals surface area contributed by atoms with E-state index in [2.05, 4.69) is 17.2 Å². The summed E-state index contributed by atoms with van der Waals surface area (Å²) in [5.74, 6) is 0.714. The first-order valence-corrected chi connectivity index (χ1v) is 6.38.